The third-order valence-corrected chi connectivity index (χ3v) is 5.53. The zero-order valence-electron chi connectivity index (χ0n) is 11.6. The molecule has 0 spiro atoms. The highest BCUT2D eigenvalue weighted by Gasteiger charge is 2.23. The van der Waals surface area contributed by atoms with Crippen LogP contribution in [-0.2, 0) is 6.54 Å². The Kier molecular flexibility index (Phi) is 4.33. The molecule has 4 nitrogen and oxygen atoms in total. The monoisotopic (exact) mass is 323 g/mol. The molecule has 1 aromatic carbocycles. The SMILES string of the molecule is N[C@@H]1CC[C@H](NC(=O)NCc2sc3ccccc3c2Cl)C1. The van der Waals surface area contributed by atoms with Gasteiger partial charge in [0.05, 0.1) is 11.6 Å². The molecule has 2 amide bonds. The van der Waals surface area contributed by atoms with E-state index in [2.05, 4.69) is 10.6 Å². The summed E-state index contributed by atoms with van der Waals surface area (Å²) < 4.78 is 1.14. The molecule has 4 N–H and O–H groups in total. The number of urea groups is 1. The Labute approximate surface area is 132 Å². The largest absolute Gasteiger partial charge is 0.335 e. The number of nitrogens with two attached hydrogens (primary N) is 1. The zero-order valence-corrected chi connectivity index (χ0v) is 13.1. The Balaban J connectivity index is 1.58. The van der Waals surface area contributed by atoms with E-state index in [0.29, 0.717) is 6.54 Å². The van der Waals surface area contributed by atoms with Gasteiger partial charge in [-0.05, 0) is 25.3 Å². The summed E-state index contributed by atoms with van der Waals surface area (Å²) in [6, 6.07) is 8.25. The van der Waals surface area contributed by atoms with Crippen LogP contribution in [0.1, 0.15) is 24.1 Å². The van der Waals surface area contributed by atoms with Crippen LogP contribution in [0.5, 0.6) is 0 Å². The van der Waals surface area contributed by atoms with Crippen molar-refractivity contribution in [3.8, 4) is 0 Å². The lowest BCUT2D eigenvalue weighted by Crippen LogP contribution is -2.41. The first-order valence-electron chi connectivity index (χ1n) is 7.09. The fourth-order valence-electron chi connectivity index (χ4n) is 2.72. The Morgan fingerprint density at radius 3 is 2.90 bits per heavy atom. The fourth-order valence-corrected chi connectivity index (χ4v) is 4.16. The molecule has 1 aliphatic carbocycles. The molecule has 1 aliphatic rings. The topological polar surface area (TPSA) is 67.1 Å². The van der Waals surface area contributed by atoms with Gasteiger partial charge in [-0.15, -0.1) is 11.3 Å². The van der Waals surface area contributed by atoms with Gasteiger partial charge in [-0.3, -0.25) is 0 Å². The van der Waals surface area contributed by atoms with Gasteiger partial charge >= 0.3 is 6.03 Å². The zero-order chi connectivity index (χ0) is 14.8. The van der Waals surface area contributed by atoms with Crippen molar-refractivity contribution in [3.63, 3.8) is 0 Å². The van der Waals surface area contributed by atoms with Gasteiger partial charge in [0.1, 0.15) is 0 Å². The Bertz CT molecular complexity index is 657. The molecule has 6 heteroatoms. The number of fused-ring (bicyclic) bond motifs is 1. The van der Waals surface area contributed by atoms with E-state index in [9.17, 15) is 4.79 Å². The van der Waals surface area contributed by atoms with E-state index in [1.165, 1.54) is 0 Å². The smallest absolute Gasteiger partial charge is 0.315 e. The second-order valence-corrected chi connectivity index (χ2v) is 6.95. The molecule has 1 aromatic heterocycles. The summed E-state index contributed by atoms with van der Waals surface area (Å²) in [4.78, 5) is 12.9. The Morgan fingerprint density at radius 2 is 2.19 bits per heavy atom. The van der Waals surface area contributed by atoms with Crippen molar-refractivity contribution in [2.75, 3.05) is 0 Å². The number of thiophene rings is 1. The molecular weight excluding hydrogens is 306 g/mol. The molecule has 1 heterocycles. The van der Waals surface area contributed by atoms with Crippen LogP contribution in [0.15, 0.2) is 24.3 Å². The van der Waals surface area contributed by atoms with Crippen LogP contribution in [-0.4, -0.2) is 18.1 Å². The summed E-state index contributed by atoms with van der Waals surface area (Å²) in [7, 11) is 0. The Hall–Kier alpha value is -1.30. The van der Waals surface area contributed by atoms with Gasteiger partial charge in [0, 0.05) is 27.0 Å². The van der Waals surface area contributed by atoms with Crippen LogP contribution < -0.4 is 16.4 Å². The van der Waals surface area contributed by atoms with E-state index in [1.54, 1.807) is 11.3 Å². The minimum atomic E-state index is -0.150. The molecule has 3 rings (SSSR count). The number of hydrogen-bond acceptors (Lipinski definition) is 3. The van der Waals surface area contributed by atoms with Gasteiger partial charge in [0.2, 0.25) is 0 Å². The summed E-state index contributed by atoms with van der Waals surface area (Å²) in [5.74, 6) is 0. The summed E-state index contributed by atoms with van der Waals surface area (Å²) in [6.45, 7) is 0.447. The maximum Gasteiger partial charge on any atom is 0.315 e. The van der Waals surface area contributed by atoms with Crippen molar-refractivity contribution in [3.05, 3.63) is 34.2 Å². The molecule has 2 atom stereocenters. The molecule has 1 fully saturated rings. The summed E-state index contributed by atoms with van der Waals surface area (Å²) in [5, 5.41) is 7.62. The van der Waals surface area contributed by atoms with Gasteiger partial charge in [0.25, 0.3) is 0 Å². The molecule has 0 aliphatic heterocycles. The molecular formula is C15H18ClN3OS. The van der Waals surface area contributed by atoms with Gasteiger partial charge in [0.15, 0.2) is 0 Å². The van der Waals surface area contributed by atoms with Crippen molar-refractivity contribution in [2.24, 2.45) is 5.73 Å². The number of carbonyl (C=O) groups excluding carboxylic acids is 1. The normalized spacial score (nSPS) is 21.6. The highest BCUT2D eigenvalue weighted by atomic mass is 35.5. The highest BCUT2D eigenvalue weighted by Crippen LogP contribution is 2.34. The maximum atomic E-state index is 11.9. The maximum absolute atomic E-state index is 11.9. The van der Waals surface area contributed by atoms with Crippen LogP contribution in [0, 0.1) is 0 Å². The third-order valence-electron chi connectivity index (χ3n) is 3.82. The van der Waals surface area contributed by atoms with Gasteiger partial charge in [-0.25, -0.2) is 4.79 Å². The average Bonchev–Trinajstić information content (AvgIpc) is 3.01. The van der Waals surface area contributed by atoms with E-state index in [4.69, 9.17) is 17.3 Å². The van der Waals surface area contributed by atoms with Gasteiger partial charge in [-0.1, -0.05) is 29.8 Å². The van der Waals surface area contributed by atoms with E-state index >= 15 is 0 Å². The molecule has 0 bridgehead atoms. The van der Waals surface area contributed by atoms with Crippen LogP contribution in [0.25, 0.3) is 10.1 Å². The number of amides is 2. The molecule has 112 valence electrons. The summed E-state index contributed by atoms with van der Waals surface area (Å²) in [5.41, 5.74) is 5.84. The van der Waals surface area contributed by atoms with Gasteiger partial charge < -0.3 is 16.4 Å². The minimum Gasteiger partial charge on any atom is -0.335 e. The van der Waals surface area contributed by atoms with Crippen molar-refractivity contribution < 1.29 is 4.79 Å². The predicted molar refractivity (Wildman–Crippen MR) is 87.8 cm³/mol. The Morgan fingerprint density at radius 1 is 1.38 bits per heavy atom. The molecule has 2 aromatic rings. The predicted octanol–water partition coefficient (Wildman–Crippen LogP) is 3.23. The molecule has 0 saturated heterocycles. The van der Waals surface area contributed by atoms with Crippen LogP contribution >= 0.6 is 22.9 Å². The molecule has 0 unspecified atom stereocenters. The van der Waals surface area contributed by atoms with E-state index in [-0.39, 0.29) is 18.1 Å². The number of nitrogens with one attached hydrogen (secondary N) is 2. The number of halogens is 1. The fraction of sp³-hybridized carbons (Fsp3) is 0.400. The number of carbonyl (C=O) groups is 1. The highest BCUT2D eigenvalue weighted by molar-refractivity contribution is 7.19. The average molecular weight is 324 g/mol. The quantitative estimate of drug-likeness (QED) is 0.811. The van der Waals surface area contributed by atoms with Crippen LogP contribution in [0.4, 0.5) is 4.79 Å². The molecule has 1 saturated carbocycles. The first-order chi connectivity index (χ1) is 10.1. The lowest BCUT2D eigenvalue weighted by Gasteiger charge is -2.13. The third kappa shape index (κ3) is 3.31. The number of rotatable bonds is 3. The van der Waals surface area contributed by atoms with Crippen molar-refractivity contribution in [2.45, 2.75) is 37.9 Å². The summed E-state index contributed by atoms with van der Waals surface area (Å²) >= 11 is 7.97. The second kappa shape index (κ2) is 6.22. The van der Waals surface area contributed by atoms with Crippen molar-refractivity contribution >= 4 is 39.1 Å². The van der Waals surface area contributed by atoms with E-state index < -0.39 is 0 Å². The van der Waals surface area contributed by atoms with Crippen LogP contribution in [0.2, 0.25) is 5.02 Å². The van der Waals surface area contributed by atoms with Crippen molar-refractivity contribution in [1.29, 1.82) is 0 Å². The van der Waals surface area contributed by atoms with Gasteiger partial charge in [-0.2, -0.15) is 0 Å². The first-order valence-corrected chi connectivity index (χ1v) is 8.29. The first kappa shape index (κ1) is 14.6. The number of hydrogen-bond donors (Lipinski definition) is 3. The number of benzene rings is 1. The van der Waals surface area contributed by atoms with E-state index in [0.717, 1.165) is 39.2 Å². The van der Waals surface area contributed by atoms with Crippen LogP contribution in [0.3, 0.4) is 0 Å². The standard InChI is InChI=1S/C15H18ClN3OS/c16-14-11-3-1-2-4-12(11)21-13(14)8-18-15(20)19-10-6-5-9(17)7-10/h1-4,9-10H,5-8,17H2,(H2,18,19,20)/t9-,10+/m1/s1. The lowest BCUT2D eigenvalue weighted by molar-refractivity contribution is 0.236. The molecule has 21 heavy (non-hydrogen) atoms. The van der Waals surface area contributed by atoms with Crippen molar-refractivity contribution in [1.82, 2.24) is 10.6 Å². The summed E-state index contributed by atoms with van der Waals surface area (Å²) in [6.07, 6.45) is 2.79. The molecule has 0 radical (unpaired) electrons. The second-order valence-electron chi connectivity index (χ2n) is 5.43. The lowest BCUT2D eigenvalue weighted by atomic mass is 10.2. The van der Waals surface area contributed by atoms with E-state index in [1.807, 2.05) is 24.3 Å². The minimum absolute atomic E-state index is 0.150.